The fourth-order valence-corrected chi connectivity index (χ4v) is 4.11. The number of nitrogens with two attached hydrogens (primary N) is 1. The molecular weight excluding hydrogens is 348 g/mol. The van der Waals surface area contributed by atoms with Gasteiger partial charge in [0.2, 0.25) is 0 Å². The molecule has 138 valence electrons. The summed E-state index contributed by atoms with van der Waals surface area (Å²) in [6.45, 7) is 5.00. The van der Waals surface area contributed by atoms with E-state index >= 15 is 0 Å². The molecule has 1 unspecified atom stereocenters. The van der Waals surface area contributed by atoms with Gasteiger partial charge in [0.1, 0.15) is 0 Å². The van der Waals surface area contributed by atoms with E-state index in [1.165, 1.54) is 0 Å². The van der Waals surface area contributed by atoms with Crippen LogP contribution in [0.15, 0.2) is 60.0 Å². The van der Waals surface area contributed by atoms with E-state index in [-0.39, 0.29) is 11.6 Å². The van der Waals surface area contributed by atoms with Crippen LogP contribution >= 0.6 is 0 Å². The minimum Gasteiger partial charge on any atom is -0.336 e. The van der Waals surface area contributed by atoms with Crippen molar-refractivity contribution >= 4 is 20.8 Å². The van der Waals surface area contributed by atoms with E-state index in [1.54, 1.807) is 17.1 Å². The summed E-state index contributed by atoms with van der Waals surface area (Å²) in [5, 5.41) is 2.16. The van der Waals surface area contributed by atoms with Crippen molar-refractivity contribution in [1.29, 1.82) is 0 Å². The summed E-state index contributed by atoms with van der Waals surface area (Å²) in [6, 6.07) is 13.3. The van der Waals surface area contributed by atoms with E-state index in [2.05, 4.69) is 23.6 Å². The predicted molar refractivity (Wildman–Crippen MR) is 103 cm³/mol. The van der Waals surface area contributed by atoms with E-state index in [4.69, 9.17) is 5.73 Å². The Labute approximate surface area is 154 Å². The lowest BCUT2D eigenvalue weighted by atomic mass is 10.0. The number of imidazole rings is 1. The Morgan fingerprint density at radius 1 is 1.15 bits per heavy atom. The van der Waals surface area contributed by atoms with Crippen molar-refractivity contribution in [3.05, 3.63) is 60.6 Å². The predicted octanol–water partition coefficient (Wildman–Crippen LogP) is 2.67. The normalized spacial score (nSPS) is 13.4. The van der Waals surface area contributed by atoms with Crippen LogP contribution in [0.3, 0.4) is 0 Å². The third-order valence-corrected chi connectivity index (χ3v) is 5.53. The van der Waals surface area contributed by atoms with Gasteiger partial charge in [0.25, 0.3) is 10.0 Å². The second kappa shape index (κ2) is 7.57. The van der Waals surface area contributed by atoms with Gasteiger partial charge in [-0.3, -0.25) is 0 Å². The summed E-state index contributed by atoms with van der Waals surface area (Å²) in [5.74, 6) is 0.405. The molecule has 1 heterocycles. The van der Waals surface area contributed by atoms with Crippen molar-refractivity contribution in [2.75, 3.05) is 6.54 Å². The van der Waals surface area contributed by atoms with Gasteiger partial charge in [-0.2, -0.15) is 0 Å². The molecule has 3 rings (SSSR count). The lowest BCUT2D eigenvalue weighted by molar-refractivity contribution is 0.521. The van der Waals surface area contributed by atoms with Gasteiger partial charge < -0.3 is 10.3 Å². The number of benzene rings is 2. The van der Waals surface area contributed by atoms with E-state index in [9.17, 15) is 8.42 Å². The summed E-state index contributed by atoms with van der Waals surface area (Å²) in [5.41, 5.74) is 6.68. The third-order valence-electron chi connectivity index (χ3n) is 4.17. The number of rotatable bonds is 7. The molecule has 0 saturated carbocycles. The molecule has 0 radical (unpaired) electrons. The number of nitrogens with zero attached hydrogens (tertiary/aromatic N) is 2. The van der Waals surface area contributed by atoms with E-state index < -0.39 is 16.1 Å². The zero-order valence-electron chi connectivity index (χ0n) is 15.0. The minimum atomic E-state index is -3.75. The molecule has 0 fully saturated rings. The van der Waals surface area contributed by atoms with E-state index in [0.717, 1.165) is 16.3 Å². The van der Waals surface area contributed by atoms with Crippen molar-refractivity contribution in [2.45, 2.75) is 31.5 Å². The van der Waals surface area contributed by atoms with E-state index in [1.807, 2.05) is 42.5 Å². The lowest BCUT2D eigenvalue weighted by Crippen LogP contribution is -2.33. The second-order valence-electron chi connectivity index (χ2n) is 6.82. The number of fused-ring (bicyclic) bond motifs is 1. The SMILES string of the molecule is CC(C)Cn1cnc(S(=O)(=O)NC(CN)c2ccc3ccccc3c2)c1. The van der Waals surface area contributed by atoms with Crippen LogP contribution in [0, 0.1) is 5.92 Å². The van der Waals surface area contributed by atoms with Gasteiger partial charge in [0.05, 0.1) is 12.4 Å². The Hall–Kier alpha value is -2.22. The highest BCUT2D eigenvalue weighted by Gasteiger charge is 2.23. The summed E-state index contributed by atoms with van der Waals surface area (Å²) < 4.78 is 29.9. The van der Waals surface area contributed by atoms with Crippen LogP contribution in [0.4, 0.5) is 0 Å². The number of hydrogen-bond acceptors (Lipinski definition) is 4. The fraction of sp³-hybridized carbons (Fsp3) is 0.316. The molecule has 0 saturated heterocycles. The molecule has 7 heteroatoms. The molecule has 1 aromatic heterocycles. The first-order valence-corrected chi connectivity index (χ1v) is 10.1. The molecule has 3 N–H and O–H groups in total. The minimum absolute atomic E-state index is 0.0115. The van der Waals surface area contributed by atoms with Gasteiger partial charge in [-0.1, -0.05) is 50.2 Å². The summed E-state index contributed by atoms with van der Waals surface area (Å²) in [6.07, 6.45) is 3.10. The van der Waals surface area contributed by atoms with Gasteiger partial charge in [-0.05, 0) is 28.3 Å². The summed E-state index contributed by atoms with van der Waals surface area (Å²) >= 11 is 0. The highest BCUT2D eigenvalue weighted by Crippen LogP contribution is 2.21. The molecule has 0 spiro atoms. The lowest BCUT2D eigenvalue weighted by Gasteiger charge is -2.17. The molecule has 0 aliphatic heterocycles. The van der Waals surface area contributed by atoms with Crippen LogP contribution in [-0.4, -0.2) is 24.5 Å². The van der Waals surface area contributed by atoms with Crippen LogP contribution < -0.4 is 10.5 Å². The molecule has 0 aliphatic carbocycles. The summed E-state index contributed by atoms with van der Waals surface area (Å²) in [4.78, 5) is 4.04. The molecule has 0 aliphatic rings. The maximum absolute atomic E-state index is 12.7. The van der Waals surface area contributed by atoms with Crippen LogP contribution in [0.2, 0.25) is 0 Å². The number of nitrogens with one attached hydrogen (secondary N) is 1. The fourth-order valence-electron chi connectivity index (χ4n) is 2.92. The second-order valence-corrected chi connectivity index (χ2v) is 8.48. The maximum atomic E-state index is 12.7. The smallest absolute Gasteiger partial charge is 0.260 e. The number of aromatic nitrogens is 2. The standard InChI is InChI=1S/C19H24N4O2S/c1-14(2)11-23-12-19(21-13-23)26(24,25)22-18(10-20)17-8-7-15-5-3-4-6-16(15)9-17/h3-9,12-14,18,22H,10-11,20H2,1-2H3. The third kappa shape index (κ3) is 4.12. The topological polar surface area (TPSA) is 90.0 Å². The van der Waals surface area contributed by atoms with Crippen molar-refractivity contribution in [3.63, 3.8) is 0 Å². The first-order chi connectivity index (χ1) is 12.4. The highest BCUT2D eigenvalue weighted by molar-refractivity contribution is 7.89. The Kier molecular flexibility index (Phi) is 5.41. The zero-order chi connectivity index (χ0) is 18.7. The summed E-state index contributed by atoms with van der Waals surface area (Å²) in [7, 11) is -3.75. The van der Waals surface area contributed by atoms with Crippen molar-refractivity contribution in [3.8, 4) is 0 Å². The molecule has 6 nitrogen and oxygen atoms in total. The first kappa shape index (κ1) is 18.6. The Balaban J connectivity index is 1.84. The van der Waals surface area contributed by atoms with Gasteiger partial charge >= 0.3 is 0 Å². The molecule has 0 bridgehead atoms. The number of sulfonamides is 1. The average Bonchev–Trinajstić information content (AvgIpc) is 3.08. The molecular formula is C19H24N4O2S. The van der Waals surface area contributed by atoms with Gasteiger partial charge in [-0.25, -0.2) is 18.1 Å². The molecule has 3 aromatic rings. The highest BCUT2D eigenvalue weighted by atomic mass is 32.2. The molecule has 2 aromatic carbocycles. The van der Waals surface area contributed by atoms with Crippen molar-refractivity contribution in [2.24, 2.45) is 11.7 Å². The van der Waals surface area contributed by atoms with Crippen LogP contribution in [0.25, 0.3) is 10.8 Å². The molecule has 26 heavy (non-hydrogen) atoms. The number of hydrogen-bond donors (Lipinski definition) is 2. The largest absolute Gasteiger partial charge is 0.336 e. The molecule has 1 atom stereocenters. The monoisotopic (exact) mass is 372 g/mol. The van der Waals surface area contributed by atoms with Crippen LogP contribution in [0.5, 0.6) is 0 Å². The van der Waals surface area contributed by atoms with Crippen molar-refractivity contribution < 1.29 is 8.42 Å². The molecule has 0 amide bonds. The Morgan fingerprint density at radius 2 is 1.88 bits per heavy atom. The van der Waals surface area contributed by atoms with Gasteiger partial charge in [0.15, 0.2) is 5.03 Å². The van der Waals surface area contributed by atoms with E-state index in [0.29, 0.717) is 12.5 Å². The van der Waals surface area contributed by atoms with Crippen LogP contribution in [-0.2, 0) is 16.6 Å². The Bertz CT molecular complexity index is 995. The quantitative estimate of drug-likeness (QED) is 0.667. The van der Waals surface area contributed by atoms with Gasteiger partial charge in [0, 0.05) is 19.3 Å². The van der Waals surface area contributed by atoms with Crippen molar-refractivity contribution in [1.82, 2.24) is 14.3 Å². The average molecular weight is 372 g/mol. The van der Waals surface area contributed by atoms with Crippen LogP contribution in [0.1, 0.15) is 25.5 Å². The van der Waals surface area contributed by atoms with Gasteiger partial charge in [-0.15, -0.1) is 0 Å². The maximum Gasteiger partial charge on any atom is 0.260 e. The zero-order valence-corrected chi connectivity index (χ0v) is 15.8. The Morgan fingerprint density at radius 3 is 2.58 bits per heavy atom. The first-order valence-electron chi connectivity index (χ1n) is 8.62.